The number of aliphatic hydroxyl groups is 1. The van der Waals surface area contributed by atoms with Crippen LogP contribution in [-0.4, -0.2) is 34.6 Å². The minimum Gasteiger partial charge on any atom is -0.399 e. The predicted molar refractivity (Wildman–Crippen MR) is 105 cm³/mol. The first kappa shape index (κ1) is 19.0. The molecule has 1 aliphatic rings. The van der Waals surface area contributed by atoms with E-state index in [4.69, 9.17) is 15.9 Å². The molecule has 1 N–H and O–H groups in total. The van der Waals surface area contributed by atoms with Crippen molar-refractivity contribution in [2.24, 2.45) is 5.41 Å². The number of hydrogen-bond acceptors (Lipinski definition) is 3. The lowest BCUT2D eigenvalue weighted by atomic mass is 9.79. The fourth-order valence-electron chi connectivity index (χ4n) is 3.15. The summed E-state index contributed by atoms with van der Waals surface area (Å²) in [5, 5.41) is 10.5. The maximum Gasteiger partial charge on any atom is 0.494 e. The molecule has 6 heteroatoms. The lowest BCUT2D eigenvalue weighted by Gasteiger charge is -2.32. The molecule has 1 fully saturated rings. The molecule has 0 saturated carbocycles. The Kier molecular flexibility index (Phi) is 4.47. The molecular formula is C20H27BN2O3. The van der Waals surface area contributed by atoms with Gasteiger partial charge in [0.05, 0.1) is 17.8 Å². The molecule has 1 aliphatic heterocycles. The SMILES string of the molecule is [C-]#[N+]c1cn(CC(C)(C)CO)c2cc(B3OC(C)(C)C(C)(C)O3)ccc12. The van der Waals surface area contributed by atoms with Gasteiger partial charge in [-0.2, -0.15) is 0 Å². The Balaban J connectivity index is 2.04. The molecule has 1 saturated heterocycles. The molecule has 2 heterocycles. The van der Waals surface area contributed by atoms with Gasteiger partial charge in [-0.25, -0.2) is 4.85 Å². The molecule has 0 aliphatic carbocycles. The number of hydrogen-bond donors (Lipinski definition) is 1. The third-order valence-corrected chi connectivity index (χ3v) is 5.56. The van der Waals surface area contributed by atoms with Crippen LogP contribution in [0.5, 0.6) is 0 Å². The van der Waals surface area contributed by atoms with Crippen LogP contribution in [-0.2, 0) is 15.9 Å². The lowest BCUT2D eigenvalue weighted by Crippen LogP contribution is -2.41. The molecule has 0 unspecified atom stereocenters. The van der Waals surface area contributed by atoms with Gasteiger partial charge in [0, 0.05) is 35.7 Å². The highest BCUT2D eigenvalue weighted by atomic mass is 16.7. The van der Waals surface area contributed by atoms with Gasteiger partial charge < -0.3 is 19.0 Å². The summed E-state index contributed by atoms with van der Waals surface area (Å²) in [6, 6.07) is 5.98. The van der Waals surface area contributed by atoms with Gasteiger partial charge in [-0.05, 0) is 39.2 Å². The van der Waals surface area contributed by atoms with E-state index < -0.39 is 18.3 Å². The average Bonchev–Trinajstić information content (AvgIpc) is 3.00. The number of fused-ring (bicyclic) bond motifs is 1. The Morgan fingerprint density at radius 1 is 1.19 bits per heavy atom. The van der Waals surface area contributed by atoms with Crippen molar-refractivity contribution in [1.82, 2.24) is 4.57 Å². The van der Waals surface area contributed by atoms with E-state index >= 15 is 0 Å². The molecule has 26 heavy (non-hydrogen) atoms. The molecule has 0 bridgehead atoms. The largest absolute Gasteiger partial charge is 0.494 e. The van der Waals surface area contributed by atoms with E-state index in [1.165, 1.54) is 0 Å². The second kappa shape index (κ2) is 6.12. The van der Waals surface area contributed by atoms with E-state index in [9.17, 15) is 5.11 Å². The third kappa shape index (κ3) is 3.16. The van der Waals surface area contributed by atoms with Crippen molar-refractivity contribution in [3.8, 4) is 0 Å². The van der Waals surface area contributed by atoms with Crippen LogP contribution in [0, 0.1) is 12.0 Å². The summed E-state index contributed by atoms with van der Waals surface area (Å²) in [7, 11) is -0.435. The summed E-state index contributed by atoms with van der Waals surface area (Å²) in [4.78, 5) is 3.65. The van der Waals surface area contributed by atoms with Crippen molar-refractivity contribution < 1.29 is 14.4 Å². The zero-order valence-corrected chi connectivity index (χ0v) is 16.5. The topological polar surface area (TPSA) is 48.0 Å². The minimum atomic E-state index is -0.435. The van der Waals surface area contributed by atoms with Gasteiger partial charge in [0.25, 0.3) is 0 Å². The highest BCUT2D eigenvalue weighted by Gasteiger charge is 2.51. The van der Waals surface area contributed by atoms with Crippen LogP contribution in [0.3, 0.4) is 0 Å². The highest BCUT2D eigenvalue weighted by Crippen LogP contribution is 2.37. The zero-order chi connectivity index (χ0) is 19.3. The van der Waals surface area contributed by atoms with Crippen molar-refractivity contribution in [3.63, 3.8) is 0 Å². The molecular weight excluding hydrogens is 327 g/mol. The fourth-order valence-corrected chi connectivity index (χ4v) is 3.15. The summed E-state index contributed by atoms with van der Waals surface area (Å²) in [5.74, 6) is 0. The molecule has 0 spiro atoms. The van der Waals surface area contributed by atoms with E-state index in [-0.39, 0.29) is 12.0 Å². The normalized spacial score (nSPS) is 19.1. The third-order valence-electron chi connectivity index (χ3n) is 5.56. The Hall–Kier alpha value is -1.81. The summed E-state index contributed by atoms with van der Waals surface area (Å²) in [6.07, 6.45) is 1.86. The van der Waals surface area contributed by atoms with Crippen LogP contribution in [0.25, 0.3) is 15.7 Å². The quantitative estimate of drug-likeness (QED) is 0.675. The van der Waals surface area contributed by atoms with Crippen molar-refractivity contribution in [1.29, 1.82) is 0 Å². The molecule has 1 aromatic carbocycles. The summed E-state index contributed by atoms with van der Waals surface area (Å²) in [5.41, 5.74) is 1.46. The molecule has 1 aromatic heterocycles. The van der Waals surface area contributed by atoms with E-state index in [2.05, 4.69) is 4.85 Å². The molecule has 3 rings (SSSR count). The smallest absolute Gasteiger partial charge is 0.399 e. The number of nitrogens with zero attached hydrogens (tertiary/aromatic N) is 2. The Bertz CT molecular complexity index is 861. The molecule has 0 atom stereocenters. The lowest BCUT2D eigenvalue weighted by molar-refractivity contribution is 0.00578. The zero-order valence-electron chi connectivity index (χ0n) is 16.5. The first-order valence-corrected chi connectivity index (χ1v) is 8.96. The number of aromatic nitrogens is 1. The van der Waals surface area contributed by atoms with Crippen LogP contribution in [0.15, 0.2) is 24.4 Å². The predicted octanol–water partition coefficient (Wildman–Crippen LogP) is 3.51. The molecule has 2 aromatic rings. The van der Waals surface area contributed by atoms with Gasteiger partial charge in [0.1, 0.15) is 0 Å². The van der Waals surface area contributed by atoms with E-state index in [0.717, 1.165) is 16.4 Å². The van der Waals surface area contributed by atoms with E-state index in [1.54, 1.807) is 0 Å². The maximum absolute atomic E-state index is 9.62. The van der Waals surface area contributed by atoms with Crippen LogP contribution in [0.4, 0.5) is 5.69 Å². The second-order valence-electron chi connectivity index (χ2n) is 8.94. The minimum absolute atomic E-state index is 0.0803. The van der Waals surface area contributed by atoms with Gasteiger partial charge in [0.15, 0.2) is 0 Å². The van der Waals surface area contributed by atoms with Gasteiger partial charge in [-0.15, -0.1) is 0 Å². The second-order valence-corrected chi connectivity index (χ2v) is 8.94. The van der Waals surface area contributed by atoms with Crippen molar-refractivity contribution in [2.75, 3.05) is 6.61 Å². The summed E-state index contributed by atoms with van der Waals surface area (Å²) in [6.45, 7) is 20.3. The monoisotopic (exact) mass is 354 g/mol. The van der Waals surface area contributed by atoms with Crippen LogP contribution in [0.1, 0.15) is 41.5 Å². The first-order valence-electron chi connectivity index (χ1n) is 8.96. The van der Waals surface area contributed by atoms with Gasteiger partial charge >= 0.3 is 7.12 Å². The standard InChI is InChI=1S/C20H27BN2O3/c1-18(2,13-24)12-23-11-16(22-7)15-9-8-14(10-17(15)23)21-25-19(3,4)20(5,6)26-21/h8-11,24H,12-13H2,1-6H3. The molecule has 5 nitrogen and oxygen atoms in total. The Morgan fingerprint density at radius 2 is 1.81 bits per heavy atom. The van der Waals surface area contributed by atoms with Crippen molar-refractivity contribution >= 4 is 29.2 Å². The van der Waals surface area contributed by atoms with E-state index in [1.807, 2.05) is 70.5 Å². The fraction of sp³-hybridized carbons (Fsp3) is 0.550. The van der Waals surface area contributed by atoms with Crippen LogP contribution in [0.2, 0.25) is 0 Å². The maximum atomic E-state index is 9.62. The Labute approximate surface area is 155 Å². The average molecular weight is 354 g/mol. The summed E-state index contributed by atoms with van der Waals surface area (Å²) >= 11 is 0. The van der Waals surface area contributed by atoms with Crippen molar-refractivity contribution in [2.45, 2.75) is 59.3 Å². The number of aliphatic hydroxyl groups excluding tert-OH is 1. The molecule has 0 amide bonds. The Morgan fingerprint density at radius 3 is 2.35 bits per heavy atom. The van der Waals surface area contributed by atoms with Gasteiger partial charge in [-0.1, -0.05) is 26.0 Å². The first-order chi connectivity index (χ1) is 12.0. The molecule has 0 radical (unpaired) electrons. The van der Waals surface area contributed by atoms with Crippen LogP contribution >= 0.6 is 0 Å². The number of rotatable bonds is 4. The number of benzene rings is 1. The van der Waals surface area contributed by atoms with E-state index in [0.29, 0.717) is 12.2 Å². The highest BCUT2D eigenvalue weighted by molar-refractivity contribution is 6.62. The molecule has 138 valence electrons. The van der Waals surface area contributed by atoms with Crippen LogP contribution < -0.4 is 5.46 Å². The van der Waals surface area contributed by atoms with Crippen molar-refractivity contribution in [3.05, 3.63) is 35.8 Å². The summed E-state index contributed by atoms with van der Waals surface area (Å²) < 4.78 is 14.4. The van der Waals surface area contributed by atoms with Gasteiger partial charge in [0.2, 0.25) is 5.69 Å². The van der Waals surface area contributed by atoms with Gasteiger partial charge in [-0.3, -0.25) is 0 Å².